The molecule has 30 heavy (non-hydrogen) atoms. The minimum absolute atomic E-state index is 0.279. The predicted octanol–water partition coefficient (Wildman–Crippen LogP) is 4.22. The molecule has 0 atom stereocenters. The van der Waals surface area contributed by atoms with E-state index in [1.165, 1.54) is 11.8 Å². The Balaban J connectivity index is 1.66. The van der Waals surface area contributed by atoms with Crippen LogP contribution in [0.2, 0.25) is 0 Å². The lowest BCUT2D eigenvalue weighted by molar-refractivity contribution is 0.102. The van der Waals surface area contributed by atoms with Crippen LogP contribution < -0.4 is 5.32 Å². The van der Waals surface area contributed by atoms with Gasteiger partial charge in [-0.15, -0.1) is 5.10 Å². The Kier molecular flexibility index (Phi) is 5.85. The van der Waals surface area contributed by atoms with E-state index >= 15 is 0 Å². The Labute approximate surface area is 178 Å². The van der Waals surface area contributed by atoms with Gasteiger partial charge in [0.1, 0.15) is 0 Å². The molecule has 4 rings (SSSR count). The van der Waals surface area contributed by atoms with Crippen LogP contribution in [-0.4, -0.2) is 30.9 Å². The van der Waals surface area contributed by atoms with Gasteiger partial charge < -0.3 is 5.32 Å². The van der Waals surface area contributed by atoms with E-state index in [0.717, 1.165) is 22.5 Å². The van der Waals surface area contributed by atoms with Gasteiger partial charge in [0.25, 0.3) is 5.91 Å². The number of carbonyl (C=O) groups is 1. The van der Waals surface area contributed by atoms with E-state index < -0.39 is 0 Å². The molecular formula is C22H20N6OS. The van der Waals surface area contributed by atoms with Crippen molar-refractivity contribution in [2.24, 2.45) is 0 Å². The number of hydrogen-bond acceptors (Lipinski definition) is 6. The van der Waals surface area contributed by atoms with Crippen LogP contribution in [-0.2, 0) is 5.75 Å². The molecule has 8 heteroatoms. The van der Waals surface area contributed by atoms with Crippen LogP contribution in [0.15, 0.2) is 72.1 Å². The maximum Gasteiger partial charge on any atom is 0.278 e. The van der Waals surface area contributed by atoms with Crippen LogP contribution in [0.3, 0.4) is 0 Å². The fourth-order valence-corrected chi connectivity index (χ4v) is 3.91. The number of benzene rings is 2. The fraction of sp³-hybridized carbons (Fsp3) is 0.136. The van der Waals surface area contributed by atoms with Crippen LogP contribution in [0.1, 0.15) is 27.3 Å². The van der Waals surface area contributed by atoms with Gasteiger partial charge in [0, 0.05) is 23.8 Å². The van der Waals surface area contributed by atoms with Gasteiger partial charge in [0.05, 0.1) is 11.4 Å². The summed E-state index contributed by atoms with van der Waals surface area (Å²) in [5.74, 6) is 0.147. The number of hydrogen-bond donors (Lipinski definition) is 1. The molecule has 0 aliphatic rings. The van der Waals surface area contributed by atoms with E-state index in [2.05, 4.69) is 31.7 Å². The molecule has 0 bridgehead atoms. The first-order valence-corrected chi connectivity index (χ1v) is 10.4. The fourth-order valence-electron chi connectivity index (χ4n) is 3.11. The SMILES string of the molecule is Cc1cc(C)cc(NC(=O)c2nnn(-c3ccccc3)c2CSc2ncccn2)c1. The van der Waals surface area contributed by atoms with Gasteiger partial charge >= 0.3 is 0 Å². The molecule has 0 radical (unpaired) electrons. The minimum Gasteiger partial charge on any atom is -0.321 e. The number of aryl methyl sites for hydroxylation is 2. The Morgan fingerprint density at radius 1 is 1.00 bits per heavy atom. The van der Waals surface area contributed by atoms with Crippen LogP contribution in [0, 0.1) is 13.8 Å². The third-order valence-corrected chi connectivity index (χ3v) is 5.23. The van der Waals surface area contributed by atoms with Gasteiger partial charge in [-0.3, -0.25) is 4.79 Å². The molecule has 1 N–H and O–H groups in total. The molecule has 0 spiro atoms. The zero-order valence-corrected chi connectivity index (χ0v) is 17.4. The second-order valence-electron chi connectivity index (χ2n) is 6.78. The van der Waals surface area contributed by atoms with Gasteiger partial charge in [-0.1, -0.05) is 41.2 Å². The zero-order valence-electron chi connectivity index (χ0n) is 16.6. The van der Waals surface area contributed by atoms with Crippen molar-refractivity contribution in [1.82, 2.24) is 25.0 Å². The molecule has 0 saturated carbocycles. The molecule has 0 unspecified atom stereocenters. The van der Waals surface area contributed by atoms with E-state index in [-0.39, 0.29) is 11.6 Å². The first-order valence-electron chi connectivity index (χ1n) is 9.39. The third kappa shape index (κ3) is 4.55. The van der Waals surface area contributed by atoms with Crippen LogP contribution in [0.4, 0.5) is 5.69 Å². The van der Waals surface area contributed by atoms with Gasteiger partial charge in [-0.05, 0) is 55.3 Å². The summed E-state index contributed by atoms with van der Waals surface area (Å²) >= 11 is 1.43. The van der Waals surface area contributed by atoms with Crippen molar-refractivity contribution in [2.45, 2.75) is 24.8 Å². The summed E-state index contributed by atoms with van der Waals surface area (Å²) in [5, 5.41) is 12.0. The average Bonchev–Trinajstić information content (AvgIpc) is 3.17. The smallest absolute Gasteiger partial charge is 0.278 e. The second kappa shape index (κ2) is 8.87. The lowest BCUT2D eigenvalue weighted by Gasteiger charge is -2.09. The van der Waals surface area contributed by atoms with Crippen molar-refractivity contribution in [3.63, 3.8) is 0 Å². The molecule has 2 aromatic heterocycles. The monoisotopic (exact) mass is 416 g/mol. The Hall–Kier alpha value is -3.52. The lowest BCUT2D eigenvalue weighted by atomic mass is 10.1. The maximum absolute atomic E-state index is 13.0. The number of rotatable bonds is 6. The van der Waals surface area contributed by atoms with Crippen LogP contribution >= 0.6 is 11.8 Å². The molecule has 0 aliphatic heterocycles. The zero-order chi connectivity index (χ0) is 20.9. The molecule has 7 nitrogen and oxygen atoms in total. The van der Waals surface area contributed by atoms with Gasteiger partial charge in [-0.25, -0.2) is 14.6 Å². The first kappa shape index (κ1) is 19.8. The quantitative estimate of drug-likeness (QED) is 0.374. The van der Waals surface area contributed by atoms with E-state index in [4.69, 9.17) is 0 Å². The number of aromatic nitrogens is 5. The van der Waals surface area contributed by atoms with Crippen molar-refractivity contribution in [2.75, 3.05) is 5.32 Å². The molecule has 4 aromatic rings. The molecule has 2 heterocycles. The van der Waals surface area contributed by atoms with E-state index in [0.29, 0.717) is 16.6 Å². The number of anilines is 1. The largest absolute Gasteiger partial charge is 0.321 e. The van der Waals surface area contributed by atoms with Crippen molar-refractivity contribution < 1.29 is 4.79 Å². The standard InChI is InChI=1S/C22H20N6OS/c1-15-11-16(2)13-17(12-15)25-21(29)20-19(14-30-22-23-9-6-10-24-22)28(27-26-20)18-7-4-3-5-8-18/h3-13H,14H2,1-2H3,(H,25,29). The molecule has 0 saturated heterocycles. The second-order valence-corrected chi connectivity index (χ2v) is 7.73. The highest BCUT2D eigenvalue weighted by atomic mass is 32.2. The highest BCUT2D eigenvalue weighted by Crippen LogP contribution is 2.23. The summed E-state index contributed by atoms with van der Waals surface area (Å²) in [6, 6.07) is 17.3. The molecule has 2 aromatic carbocycles. The van der Waals surface area contributed by atoms with E-state index in [9.17, 15) is 4.79 Å². The van der Waals surface area contributed by atoms with Gasteiger partial charge in [0.2, 0.25) is 0 Å². The molecule has 0 fully saturated rings. The Morgan fingerprint density at radius 3 is 2.40 bits per heavy atom. The molecule has 0 aliphatic carbocycles. The van der Waals surface area contributed by atoms with E-state index in [1.807, 2.05) is 56.3 Å². The van der Waals surface area contributed by atoms with Crippen molar-refractivity contribution in [3.05, 3.63) is 89.5 Å². The highest BCUT2D eigenvalue weighted by molar-refractivity contribution is 7.98. The summed E-state index contributed by atoms with van der Waals surface area (Å²) in [4.78, 5) is 21.5. The van der Waals surface area contributed by atoms with Gasteiger partial charge in [-0.2, -0.15) is 0 Å². The molecular weight excluding hydrogens is 396 g/mol. The predicted molar refractivity (Wildman–Crippen MR) is 117 cm³/mol. The van der Waals surface area contributed by atoms with Crippen molar-refractivity contribution >= 4 is 23.4 Å². The number of nitrogens with zero attached hydrogens (tertiary/aromatic N) is 5. The summed E-state index contributed by atoms with van der Waals surface area (Å²) in [6.07, 6.45) is 3.38. The summed E-state index contributed by atoms with van der Waals surface area (Å²) in [6.45, 7) is 3.99. The number of nitrogens with one attached hydrogen (secondary N) is 1. The summed E-state index contributed by atoms with van der Waals surface area (Å²) in [5.41, 5.74) is 4.68. The average molecular weight is 417 g/mol. The number of carbonyl (C=O) groups excluding carboxylic acids is 1. The van der Waals surface area contributed by atoms with Crippen molar-refractivity contribution in [3.8, 4) is 5.69 Å². The summed E-state index contributed by atoms with van der Waals surface area (Å²) in [7, 11) is 0. The van der Waals surface area contributed by atoms with Crippen molar-refractivity contribution in [1.29, 1.82) is 0 Å². The topological polar surface area (TPSA) is 85.6 Å². The number of para-hydroxylation sites is 1. The van der Waals surface area contributed by atoms with Crippen LogP contribution in [0.5, 0.6) is 0 Å². The molecule has 1 amide bonds. The number of amides is 1. The normalized spacial score (nSPS) is 10.7. The Morgan fingerprint density at radius 2 is 1.70 bits per heavy atom. The van der Waals surface area contributed by atoms with Crippen LogP contribution in [0.25, 0.3) is 5.69 Å². The molecule has 150 valence electrons. The summed E-state index contributed by atoms with van der Waals surface area (Å²) < 4.78 is 1.69. The highest BCUT2D eigenvalue weighted by Gasteiger charge is 2.21. The Bertz CT molecular complexity index is 1140. The minimum atomic E-state index is -0.299. The number of thioether (sulfide) groups is 1. The maximum atomic E-state index is 13.0. The van der Waals surface area contributed by atoms with E-state index in [1.54, 1.807) is 23.1 Å². The lowest BCUT2D eigenvalue weighted by Crippen LogP contribution is -2.15. The van der Waals surface area contributed by atoms with Gasteiger partial charge in [0.15, 0.2) is 10.9 Å². The first-order chi connectivity index (χ1) is 14.6. The third-order valence-electron chi connectivity index (χ3n) is 4.34.